The van der Waals surface area contributed by atoms with E-state index in [4.69, 9.17) is 4.74 Å². The second-order valence-electron chi connectivity index (χ2n) is 4.35. The van der Waals surface area contributed by atoms with Gasteiger partial charge in [0.05, 0.1) is 18.8 Å². The molecule has 0 aromatic heterocycles. The largest absolute Gasteiger partial charge is 0.376 e. The standard InChI is InChI=1S/C13H17NO3/c1-9(15)11-7-12(13(16)14-11)17-8-10-5-3-2-4-6-10/h2-6,11-14,16H,7-8H2,1H3/t11-,12+,13?/m0/s1. The van der Waals surface area contributed by atoms with Crippen molar-refractivity contribution in [3.8, 4) is 0 Å². The van der Waals surface area contributed by atoms with E-state index >= 15 is 0 Å². The number of nitrogens with one attached hydrogen (secondary N) is 1. The summed E-state index contributed by atoms with van der Waals surface area (Å²) < 4.78 is 5.62. The molecule has 1 aromatic rings. The smallest absolute Gasteiger partial charge is 0.146 e. The predicted octanol–water partition coefficient (Wildman–Crippen LogP) is 0.841. The Hall–Kier alpha value is -1.23. The number of Topliss-reactive ketones (excluding diaryl/α,β-unsaturated/α-hetero) is 1. The summed E-state index contributed by atoms with van der Waals surface area (Å²) in [5.41, 5.74) is 1.06. The summed E-state index contributed by atoms with van der Waals surface area (Å²) in [5, 5.41) is 12.5. The molecule has 1 heterocycles. The van der Waals surface area contributed by atoms with Crippen LogP contribution in [0.1, 0.15) is 18.9 Å². The van der Waals surface area contributed by atoms with Crippen LogP contribution < -0.4 is 5.32 Å². The maximum absolute atomic E-state index is 11.2. The zero-order valence-electron chi connectivity index (χ0n) is 9.80. The van der Waals surface area contributed by atoms with Crippen molar-refractivity contribution >= 4 is 5.78 Å². The lowest BCUT2D eigenvalue weighted by atomic mass is 10.1. The highest BCUT2D eigenvalue weighted by Crippen LogP contribution is 2.17. The van der Waals surface area contributed by atoms with Gasteiger partial charge in [0.25, 0.3) is 0 Å². The number of hydrogen-bond acceptors (Lipinski definition) is 4. The number of ether oxygens (including phenoxy) is 1. The maximum Gasteiger partial charge on any atom is 0.146 e. The number of hydrogen-bond donors (Lipinski definition) is 2. The van der Waals surface area contributed by atoms with Gasteiger partial charge in [-0.2, -0.15) is 0 Å². The van der Waals surface area contributed by atoms with Gasteiger partial charge in [-0.05, 0) is 18.9 Å². The van der Waals surface area contributed by atoms with Gasteiger partial charge in [0.2, 0.25) is 0 Å². The fourth-order valence-electron chi connectivity index (χ4n) is 1.96. The first-order valence-corrected chi connectivity index (χ1v) is 5.77. The zero-order chi connectivity index (χ0) is 12.3. The predicted molar refractivity (Wildman–Crippen MR) is 63.2 cm³/mol. The van der Waals surface area contributed by atoms with E-state index in [1.807, 2.05) is 30.3 Å². The van der Waals surface area contributed by atoms with Crippen LogP contribution in [0.4, 0.5) is 0 Å². The number of aliphatic hydroxyl groups is 1. The van der Waals surface area contributed by atoms with E-state index < -0.39 is 6.23 Å². The van der Waals surface area contributed by atoms with Crippen LogP contribution in [0.5, 0.6) is 0 Å². The number of ketones is 1. The minimum atomic E-state index is -0.757. The highest BCUT2D eigenvalue weighted by molar-refractivity contribution is 5.81. The third kappa shape index (κ3) is 3.12. The van der Waals surface area contributed by atoms with Crippen molar-refractivity contribution < 1.29 is 14.6 Å². The third-order valence-electron chi connectivity index (χ3n) is 2.99. The first-order valence-electron chi connectivity index (χ1n) is 5.77. The molecule has 1 fully saturated rings. The first kappa shape index (κ1) is 12.2. The van der Waals surface area contributed by atoms with Gasteiger partial charge in [-0.15, -0.1) is 0 Å². The van der Waals surface area contributed by atoms with Crippen molar-refractivity contribution in [3.63, 3.8) is 0 Å². The van der Waals surface area contributed by atoms with Gasteiger partial charge in [-0.3, -0.25) is 10.1 Å². The van der Waals surface area contributed by atoms with Crippen molar-refractivity contribution in [3.05, 3.63) is 35.9 Å². The minimum absolute atomic E-state index is 0.0369. The van der Waals surface area contributed by atoms with E-state index in [0.29, 0.717) is 13.0 Å². The minimum Gasteiger partial charge on any atom is -0.376 e. The van der Waals surface area contributed by atoms with Crippen molar-refractivity contribution in [2.75, 3.05) is 0 Å². The van der Waals surface area contributed by atoms with Crippen LogP contribution in [-0.2, 0) is 16.1 Å². The second-order valence-corrected chi connectivity index (χ2v) is 4.35. The van der Waals surface area contributed by atoms with Gasteiger partial charge in [-0.25, -0.2) is 0 Å². The molecule has 3 atom stereocenters. The van der Waals surface area contributed by atoms with E-state index in [1.54, 1.807) is 0 Å². The third-order valence-corrected chi connectivity index (χ3v) is 2.99. The topological polar surface area (TPSA) is 58.6 Å². The van der Waals surface area contributed by atoms with Crippen molar-refractivity contribution in [1.29, 1.82) is 0 Å². The van der Waals surface area contributed by atoms with Crippen molar-refractivity contribution in [2.45, 2.75) is 38.3 Å². The lowest BCUT2D eigenvalue weighted by molar-refractivity contribution is -0.119. The molecule has 1 saturated heterocycles. The van der Waals surface area contributed by atoms with Crippen LogP contribution in [-0.4, -0.2) is 29.3 Å². The number of rotatable bonds is 4. The highest BCUT2D eigenvalue weighted by Gasteiger charge is 2.35. The van der Waals surface area contributed by atoms with Crippen LogP contribution >= 0.6 is 0 Å². The molecule has 1 unspecified atom stereocenters. The molecule has 0 aliphatic carbocycles. The molecular formula is C13H17NO3. The molecule has 17 heavy (non-hydrogen) atoms. The van der Waals surface area contributed by atoms with E-state index in [-0.39, 0.29) is 17.9 Å². The molecular weight excluding hydrogens is 218 g/mol. The van der Waals surface area contributed by atoms with Crippen molar-refractivity contribution in [1.82, 2.24) is 5.32 Å². The molecule has 0 spiro atoms. The normalized spacial score (nSPS) is 28.2. The lowest BCUT2D eigenvalue weighted by Crippen LogP contribution is -2.36. The summed E-state index contributed by atoms with van der Waals surface area (Å²) in [6, 6.07) is 9.49. The van der Waals surface area contributed by atoms with Crippen LogP contribution in [0.15, 0.2) is 30.3 Å². The average Bonchev–Trinajstić information content (AvgIpc) is 2.70. The number of benzene rings is 1. The lowest BCUT2D eigenvalue weighted by Gasteiger charge is -2.14. The Bertz CT molecular complexity index is 380. The van der Waals surface area contributed by atoms with Gasteiger partial charge >= 0.3 is 0 Å². The first-order chi connectivity index (χ1) is 8.16. The summed E-state index contributed by atoms with van der Waals surface area (Å²) in [5.74, 6) is 0.0369. The monoisotopic (exact) mass is 235 g/mol. The maximum atomic E-state index is 11.2. The van der Waals surface area contributed by atoms with E-state index in [0.717, 1.165) is 5.56 Å². The molecule has 2 rings (SSSR count). The fourth-order valence-corrected chi connectivity index (χ4v) is 1.96. The molecule has 1 aliphatic heterocycles. The van der Waals surface area contributed by atoms with E-state index in [9.17, 15) is 9.90 Å². The number of carbonyl (C=O) groups excluding carboxylic acids is 1. The molecule has 4 heteroatoms. The number of carbonyl (C=O) groups is 1. The Morgan fingerprint density at radius 2 is 2.18 bits per heavy atom. The van der Waals surface area contributed by atoms with Gasteiger partial charge in [0.1, 0.15) is 12.0 Å². The van der Waals surface area contributed by atoms with E-state index in [2.05, 4.69) is 5.32 Å². The summed E-state index contributed by atoms with van der Waals surface area (Å²) in [6.07, 6.45) is -0.541. The molecule has 0 bridgehead atoms. The fraction of sp³-hybridized carbons (Fsp3) is 0.462. The van der Waals surface area contributed by atoms with Gasteiger partial charge in [0.15, 0.2) is 0 Å². The SMILES string of the molecule is CC(=O)[C@@H]1C[C@@H](OCc2ccccc2)C(O)N1. The Labute approximate surface area is 101 Å². The van der Waals surface area contributed by atoms with Crippen LogP contribution in [0.2, 0.25) is 0 Å². The van der Waals surface area contributed by atoms with Crippen LogP contribution in [0.3, 0.4) is 0 Å². The van der Waals surface area contributed by atoms with E-state index in [1.165, 1.54) is 6.92 Å². The average molecular weight is 235 g/mol. The summed E-state index contributed by atoms with van der Waals surface area (Å²) in [7, 11) is 0. The Balaban J connectivity index is 1.86. The molecule has 2 N–H and O–H groups in total. The number of aliphatic hydroxyl groups excluding tert-OH is 1. The Kier molecular flexibility index (Phi) is 3.89. The summed E-state index contributed by atoms with van der Waals surface area (Å²) in [4.78, 5) is 11.2. The second kappa shape index (κ2) is 5.40. The molecule has 92 valence electrons. The summed E-state index contributed by atoms with van der Waals surface area (Å²) >= 11 is 0. The Morgan fingerprint density at radius 3 is 2.76 bits per heavy atom. The van der Waals surface area contributed by atoms with Gasteiger partial charge < -0.3 is 9.84 Å². The molecule has 1 aromatic carbocycles. The Morgan fingerprint density at radius 1 is 1.47 bits per heavy atom. The quantitative estimate of drug-likeness (QED) is 0.812. The molecule has 0 radical (unpaired) electrons. The molecule has 4 nitrogen and oxygen atoms in total. The van der Waals surface area contributed by atoms with Gasteiger partial charge in [-0.1, -0.05) is 30.3 Å². The highest BCUT2D eigenvalue weighted by atomic mass is 16.5. The van der Waals surface area contributed by atoms with Crippen molar-refractivity contribution in [2.24, 2.45) is 0 Å². The zero-order valence-corrected chi connectivity index (χ0v) is 9.80. The van der Waals surface area contributed by atoms with Crippen LogP contribution in [0, 0.1) is 0 Å². The summed E-state index contributed by atoms with van der Waals surface area (Å²) in [6.45, 7) is 1.97. The molecule has 1 aliphatic rings. The van der Waals surface area contributed by atoms with Gasteiger partial charge in [0, 0.05) is 0 Å². The molecule has 0 amide bonds. The van der Waals surface area contributed by atoms with Crippen LogP contribution in [0.25, 0.3) is 0 Å². The molecule has 0 saturated carbocycles.